The van der Waals surface area contributed by atoms with Gasteiger partial charge < -0.3 is 0 Å². The maximum absolute atomic E-state index is 4.48. The molecular formula is C117H153N9. The van der Waals surface area contributed by atoms with Crippen molar-refractivity contribution in [1.82, 2.24) is 44.9 Å². The Bertz CT molecular complexity index is 5330. The molecule has 9 aromatic heterocycles. The molecule has 0 aliphatic rings. The molecule has 9 nitrogen and oxygen atoms in total. The van der Waals surface area contributed by atoms with E-state index in [1.165, 1.54) is 153 Å². The highest BCUT2D eigenvalue weighted by molar-refractivity contribution is 5.91. The summed E-state index contributed by atoms with van der Waals surface area (Å²) in [6, 6.07) is 73.6. The van der Waals surface area contributed by atoms with Crippen LogP contribution in [0.1, 0.15) is 225 Å². The van der Waals surface area contributed by atoms with E-state index in [0.29, 0.717) is 0 Å². The van der Waals surface area contributed by atoms with Crippen LogP contribution in [0.5, 0.6) is 0 Å². The number of benzene rings is 9. The lowest BCUT2D eigenvalue weighted by atomic mass is 10.0. The second-order valence-corrected chi connectivity index (χ2v) is 28.2. The van der Waals surface area contributed by atoms with E-state index < -0.39 is 0 Å². The fourth-order valence-corrected chi connectivity index (χ4v) is 13.1. The molecule has 9 aromatic carbocycles. The molecule has 0 saturated carbocycles. The van der Waals surface area contributed by atoms with Crippen LogP contribution in [0.3, 0.4) is 0 Å². The molecule has 0 spiro atoms. The number of nitrogens with zero attached hydrogens (tertiary/aromatic N) is 9. The molecule has 9 heteroatoms. The predicted octanol–water partition coefficient (Wildman–Crippen LogP) is 34.9. The molecule has 0 N–H and O–H groups in total. The van der Waals surface area contributed by atoms with Crippen LogP contribution in [0.2, 0.25) is 0 Å². The van der Waals surface area contributed by atoms with Crippen LogP contribution in [0.15, 0.2) is 274 Å². The number of hydrogen-bond acceptors (Lipinski definition) is 9. The van der Waals surface area contributed by atoms with Gasteiger partial charge in [0.05, 0.1) is 22.1 Å². The summed E-state index contributed by atoms with van der Waals surface area (Å²) in [6.07, 6.45) is 18.9. The summed E-state index contributed by atoms with van der Waals surface area (Å²) in [5, 5.41) is 17.7. The van der Waals surface area contributed by atoms with Gasteiger partial charge in [-0.3, -0.25) is 44.9 Å². The zero-order chi connectivity index (χ0) is 95.0. The minimum atomic E-state index is 1.08. The number of aryl methyl sites for hydroxylation is 18. The van der Waals surface area contributed by atoms with Crippen LogP contribution >= 0.6 is 0 Å². The van der Waals surface area contributed by atoms with E-state index in [-0.39, 0.29) is 0 Å². The van der Waals surface area contributed by atoms with Crippen LogP contribution in [0.4, 0.5) is 0 Å². The average molecular weight is 1690 g/mol. The molecular weight excluding hydrogens is 1530 g/mol. The van der Waals surface area contributed by atoms with Gasteiger partial charge in [0.25, 0.3) is 0 Å². The van der Waals surface area contributed by atoms with Gasteiger partial charge >= 0.3 is 0 Å². The Kier molecular flexibility index (Phi) is 55.6. The van der Waals surface area contributed by atoms with E-state index in [4.69, 9.17) is 0 Å². The number of para-hydroxylation sites is 2. The van der Waals surface area contributed by atoms with Crippen molar-refractivity contribution in [3.63, 3.8) is 0 Å². The molecule has 0 atom stereocenters. The molecule has 0 aliphatic carbocycles. The highest BCUT2D eigenvalue weighted by atomic mass is 14.7. The van der Waals surface area contributed by atoms with Crippen molar-refractivity contribution in [3.8, 4) is 0 Å². The molecule has 0 aliphatic heterocycles. The Balaban J connectivity index is 0.000000692. The molecule has 0 fully saturated rings. The van der Waals surface area contributed by atoms with Gasteiger partial charge in [0, 0.05) is 133 Å². The van der Waals surface area contributed by atoms with Crippen molar-refractivity contribution < 1.29 is 0 Å². The van der Waals surface area contributed by atoms with Crippen LogP contribution in [0.25, 0.3) is 97.5 Å². The zero-order valence-corrected chi connectivity index (χ0v) is 84.0. The van der Waals surface area contributed by atoms with Crippen molar-refractivity contribution >= 4 is 97.5 Å². The van der Waals surface area contributed by atoms with Gasteiger partial charge in [-0.15, -0.1) is 0 Å². The van der Waals surface area contributed by atoms with Crippen molar-refractivity contribution in [2.75, 3.05) is 0 Å². The normalized spacial score (nSPS) is 9.43. The molecule has 0 amide bonds. The van der Waals surface area contributed by atoms with Gasteiger partial charge in [-0.1, -0.05) is 287 Å². The summed E-state index contributed by atoms with van der Waals surface area (Å²) in [6.45, 7) is 73.6. The zero-order valence-electron chi connectivity index (χ0n) is 84.0. The fourth-order valence-electron chi connectivity index (χ4n) is 13.1. The first-order chi connectivity index (χ1) is 61.0. The second-order valence-electron chi connectivity index (χ2n) is 28.2. The fraction of sp³-hybridized carbons (Fsp3) is 0.308. The SMILES string of the molecule is CC.CC.CC.CC.CC.CC.CC.CC.CC.Cc1cc2c(C)cccc2cn1.Cc1ccc2cccc(C)c2n1.Cc1ccc2ccnc(C)c2c1.Cc1ccc2cncc(C)c2c1.Cc1ccc2nccc(C)c2c1.Cc1cccc2ccnc(C)c12.Cc1cccc2cncc(C)c12.Cc1cnc2c(C)cccc2c1.Cc1cnc2cccc(C)c2c1. The Morgan fingerprint density at radius 3 is 1.17 bits per heavy atom. The Hall–Kier alpha value is -12.3. The largest absolute Gasteiger partial charge is 0.264 e. The van der Waals surface area contributed by atoms with E-state index in [1.54, 1.807) is 0 Å². The number of pyridine rings is 9. The van der Waals surface area contributed by atoms with Crippen molar-refractivity contribution in [2.45, 2.75) is 249 Å². The Morgan fingerprint density at radius 2 is 0.579 bits per heavy atom. The number of fused-ring (bicyclic) bond motifs is 9. The van der Waals surface area contributed by atoms with Crippen LogP contribution in [-0.4, -0.2) is 44.9 Å². The van der Waals surface area contributed by atoms with E-state index in [1.807, 2.05) is 238 Å². The summed E-state index contributed by atoms with van der Waals surface area (Å²) in [4.78, 5) is 38.5. The smallest absolute Gasteiger partial charge is 0.0734 e. The molecule has 18 aromatic rings. The average Bonchev–Trinajstić information content (AvgIpc) is 0.813. The van der Waals surface area contributed by atoms with Crippen LogP contribution in [0, 0.1) is 125 Å². The van der Waals surface area contributed by atoms with E-state index >= 15 is 0 Å². The maximum Gasteiger partial charge on any atom is 0.0734 e. The highest BCUT2D eigenvalue weighted by Gasteiger charge is 2.05. The van der Waals surface area contributed by atoms with E-state index in [2.05, 4.69) is 331 Å². The topological polar surface area (TPSA) is 116 Å². The van der Waals surface area contributed by atoms with E-state index in [0.717, 1.165) is 44.8 Å². The van der Waals surface area contributed by atoms with Crippen molar-refractivity contribution in [2.24, 2.45) is 0 Å². The number of rotatable bonds is 0. The lowest BCUT2D eigenvalue weighted by Gasteiger charge is -2.03. The molecule has 0 saturated heterocycles. The molecule has 666 valence electrons. The molecule has 18 rings (SSSR count). The third-order valence-corrected chi connectivity index (χ3v) is 19.0. The number of aromatic nitrogens is 9. The molecule has 9 heterocycles. The first kappa shape index (κ1) is 112. The maximum atomic E-state index is 4.48. The lowest BCUT2D eigenvalue weighted by molar-refractivity contribution is 1.22. The van der Waals surface area contributed by atoms with Crippen LogP contribution < -0.4 is 0 Å². The minimum absolute atomic E-state index is 1.08. The Labute approximate surface area is 761 Å². The summed E-state index contributed by atoms with van der Waals surface area (Å²) in [5.74, 6) is 0. The standard InChI is InChI=1S/9C11H11N.9C2H6/c1-8-3-4-10-7-12-6-9(2)11(10)5-8;1-8-3-4-10-5-6-12-9(2)11(10)7-8;1-8-3-4-11-10(7-8)9(2)5-6-12-11;1-8-6-10-9(2)4-3-5-11(10)12-7-8;1-8-6-10-5-3-4-9(2)11(10)12-7-8;1-8-4-3-5-10-7-12-6-9(2)11(8)10;1-8-4-3-5-10-7-12-9(2)6-11(8)10;1-8-4-3-5-10-6-7-12-9(2)11(8)10;1-8-4-3-5-10-7-6-9(2)12-11(8)10;9*1-2/h9*3-7H,1-2H3;9*1-2H3. The summed E-state index contributed by atoms with van der Waals surface area (Å²) >= 11 is 0. The molecule has 0 unspecified atom stereocenters. The third kappa shape index (κ3) is 35.4. The van der Waals surface area contributed by atoms with Gasteiger partial charge in [0.15, 0.2) is 0 Å². The Morgan fingerprint density at radius 1 is 0.183 bits per heavy atom. The molecule has 0 bridgehead atoms. The number of hydrogen-bond donors (Lipinski definition) is 0. The van der Waals surface area contributed by atoms with Crippen molar-refractivity contribution in [1.29, 1.82) is 0 Å². The third-order valence-electron chi connectivity index (χ3n) is 19.0. The summed E-state index contributed by atoms with van der Waals surface area (Å²) < 4.78 is 0. The predicted molar refractivity (Wildman–Crippen MR) is 563 cm³/mol. The first-order valence-electron chi connectivity index (χ1n) is 45.8. The second kappa shape index (κ2) is 62.7. The summed E-state index contributed by atoms with van der Waals surface area (Å²) in [5.41, 5.74) is 26.6. The van der Waals surface area contributed by atoms with Gasteiger partial charge in [-0.2, -0.15) is 0 Å². The van der Waals surface area contributed by atoms with Gasteiger partial charge in [-0.05, 0) is 279 Å². The lowest BCUT2D eigenvalue weighted by Crippen LogP contribution is -1.85. The minimum Gasteiger partial charge on any atom is -0.264 e. The molecule has 0 radical (unpaired) electrons. The van der Waals surface area contributed by atoms with Crippen LogP contribution in [-0.2, 0) is 0 Å². The van der Waals surface area contributed by atoms with Gasteiger partial charge in [0.1, 0.15) is 0 Å². The summed E-state index contributed by atoms with van der Waals surface area (Å²) in [7, 11) is 0. The van der Waals surface area contributed by atoms with E-state index in [9.17, 15) is 0 Å². The monoisotopic (exact) mass is 1680 g/mol. The van der Waals surface area contributed by atoms with Gasteiger partial charge in [-0.25, -0.2) is 0 Å². The first-order valence-corrected chi connectivity index (χ1v) is 45.8. The molecule has 126 heavy (non-hydrogen) atoms. The van der Waals surface area contributed by atoms with Crippen molar-refractivity contribution in [3.05, 3.63) is 375 Å². The highest BCUT2D eigenvalue weighted by Crippen LogP contribution is 2.26. The van der Waals surface area contributed by atoms with Gasteiger partial charge in [0.2, 0.25) is 0 Å². The quantitative estimate of drug-likeness (QED) is 0.146.